The van der Waals surface area contributed by atoms with Crippen molar-refractivity contribution in [1.82, 2.24) is 0 Å². The number of hydrogen-bond donors (Lipinski definition) is 0. The first-order valence-electron chi connectivity index (χ1n) is 10.0. The van der Waals surface area contributed by atoms with E-state index in [4.69, 9.17) is 18.9 Å². The molecular weight excluding hydrogens is 424 g/mol. The van der Waals surface area contributed by atoms with Gasteiger partial charge < -0.3 is 18.9 Å². The van der Waals surface area contributed by atoms with Crippen molar-refractivity contribution in [2.75, 3.05) is 13.2 Å². The third kappa shape index (κ3) is 7.50. The molecule has 0 spiro atoms. The Kier molecular flexibility index (Phi) is 8.74. The Morgan fingerprint density at radius 1 is 0.667 bits per heavy atom. The van der Waals surface area contributed by atoms with Crippen molar-refractivity contribution < 1.29 is 33.3 Å². The number of benzene rings is 2. The number of hydrogen-bond acceptors (Lipinski definition) is 7. The Morgan fingerprint density at radius 3 is 1.79 bits per heavy atom. The zero-order chi connectivity index (χ0) is 24.5. The number of carbonyl (C=O) groups is 3. The number of ether oxygens (including phenoxy) is 4. The van der Waals surface area contributed by atoms with Crippen LogP contribution in [0.4, 0.5) is 0 Å². The zero-order valence-electron chi connectivity index (χ0n) is 18.9. The van der Waals surface area contributed by atoms with Crippen molar-refractivity contribution in [3.05, 3.63) is 78.9 Å². The van der Waals surface area contributed by atoms with Crippen LogP contribution in [0.2, 0.25) is 0 Å². The summed E-state index contributed by atoms with van der Waals surface area (Å²) >= 11 is 0. The maximum atomic E-state index is 12.0. The Morgan fingerprint density at radius 2 is 1.21 bits per heavy atom. The molecule has 0 heterocycles. The van der Waals surface area contributed by atoms with Crippen molar-refractivity contribution in [2.45, 2.75) is 20.8 Å². The van der Waals surface area contributed by atoms with E-state index in [9.17, 15) is 14.4 Å². The van der Waals surface area contributed by atoms with E-state index in [1.54, 1.807) is 56.3 Å². The van der Waals surface area contributed by atoms with Gasteiger partial charge in [0.05, 0.1) is 0 Å². The predicted octanol–water partition coefficient (Wildman–Crippen LogP) is 4.81. The summed E-state index contributed by atoms with van der Waals surface area (Å²) in [5.74, 6) is -0.751. The van der Waals surface area contributed by atoms with Crippen molar-refractivity contribution in [3.8, 4) is 28.4 Å². The molecule has 0 aliphatic heterocycles. The summed E-state index contributed by atoms with van der Waals surface area (Å²) in [5.41, 5.74) is 2.39. The van der Waals surface area contributed by atoms with Crippen molar-refractivity contribution in [3.63, 3.8) is 0 Å². The fourth-order valence-corrected chi connectivity index (χ4v) is 2.39. The Bertz CT molecular complexity index is 1090. The van der Waals surface area contributed by atoms with Crippen LogP contribution in [0.1, 0.15) is 20.8 Å². The van der Waals surface area contributed by atoms with Gasteiger partial charge in [-0.15, -0.1) is 0 Å². The molecule has 0 radical (unpaired) electrons. The fourth-order valence-electron chi connectivity index (χ4n) is 2.39. The van der Waals surface area contributed by atoms with Crippen LogP contribution < -0.4 is 14.2 Å². The van der Waals surface area contributed by atoms with Crippen LogP contribution >= 0.6 is 0 Å². The first-order chi connectivity index (χ1) is 15.6. The third-order valence-electron chi connectivity index (χ3n) is 4.16. The van der Waals surface area contributed by atoms with Gasteiger partial charge in [0.15, 0.2) is 11.5 Å². The van der Waals surface area contributed by atoms with Crippen LogP contribution in [-0.2, 0) is 19.1 Å². The third-order valence-corrected chi connectivity index (χ3v) is 4.16. The lowest BCUT2D eigenvalue weighted by Gasteiger charge is -2.14. The molecule has 7 heteroatoms. The molecule has 0 aromatic heterocycles. The molecule has 2 rings (SSSR count). The largest absolute Gasteiger partial charge is 0.486 e. The van der Waals surface area contributed by atoms with Gasteiger partial charge in [-0.05, 0) is 56.2 Å². The van der Waals surface area contributed by atoms with E-state index < -0.39 is 17.9 Å². The van der Waals surface area contributed by atoms with Crippen LogP contribution in [0.3, 0.4) is 0 Å². The minimum atomic E-state index is -0.593. The molecule has 33 heavy (non-hydrogen) atoms. The molecule has 2 aromatic carbocycles. The maximum absolute atomic E-state index is 12.0. The van der Waals surface area contributed by atoms with Gasteiger partial charge in [0.2, 0.25) is 0 Å². The summed E-state index contributed by atoms with van der Waals surface area (Å²) in [6.45, 7) is 15.3. The average molecular weight is 450 g/mol. The first kappa shape index (κ1) is 25.1. The molecule has 172 valence electrons. The Labute approximate surface area is 192 Å². The monoisotopic (exact) mass is 450 g/mol. The van der Waals surface area contributed by atoms with Gasteiger partial charge in [-0.2, -0.15) is 0 Å². The summed E-state index contributed by atoms with van der Waals surface area (Å²) in [5, 5.41) is 0. The second kappa shape index (κ2) is 11.5. The number of rotatable bonds is 10. The second-order valence-electron chi connectivity index (χ2n) is 7.29. The lowest BCUT2D eigenvalue weighted by molar-refractivity contribution is -0.139. The molecule has 0 aliphatic carbocycles. The lowest BCUT2D eigenvalue weighted by atomic mass is 10.0. The molecule has 0 aliphatic rings. The van der Waals surface area contributed by atoms with E-state index in [1.165, 1.54) is 6.92 Å². The SMILES string of the molecule is C=C(C)C(=O)OCCOc1cc(-c2ccc(OC(=O)C(=C)C)cc2)ccc1OC(=O)C(=C)C. The summed E-state index contributed by atoms with van der Waals surface area (Å²) in [6.07, 6.45) is 0. The van der Waals surface area contributed by atoms with Crippen LogP contribution in [-0.4, -0.2) is 31.1 Å². The van der Waals surface area contributed by atoms with E-state index in [0.29, 0.717) is 11.3 Å². The molecule has 7 nitrogen and oxygen atoms in total. The highest BCUT2D eigenvalue weighted by Crippen LogP contribution is 2.34. The summed E-state index contributed by atoms with van der Waals surface area (Å²) in [7, 11) is 0. The topological polar surface area (TPSA) is 88.1 Å². The minimum absolute atomic E-state index is 0.00736. The van der Waals surface area contributed by atoms with Crippen molar-refractivity contribution in [1.29, 1.82) is 0 Å². The van der Waals surface area contributed by atoms with Gasteiger partial charge in [0.25, 0.3) is 0 Å². The van der Waals surface area contributed by atoms with Crippen molar-refractivity contribution in [2.24, 2.45) is 0 Å². The van der Waals surface area contributed by atoms with E-state index in [0.717, 1.165) is 11.1 Å². The lowest BCUT2D eigenvalue weighted by Crippen LogP contribution is -2.14. The van der Waals surface area contributed by atoms with Crippen LogP contribution in [0.25, 0.3) is 11.1 Å². The maximum Gasteiger partial charge on any atom is 0.338 e. The number of esters is 3. The van der Waals surface area contributed by atoms with Gasteiger partial charge in [-0.1, -0.05) is 37.9 Å². The molecule has 0 unspecified atom stereocenters. The summed E-state index contributed by atoms with van der Waals surface area (Å²) < 4.78 is 21.3. The standard InChI is InChI=1S/C26H26O7/c1-16(2)24(27)31-14-13-30-23-15-20(9-12-22(23)33-26(29)18(5)6)19-7-10-21(11-8-19)32-25(28)17(3)4/h7-12,15H,1,3,5,13-14H2,2,4,6H3. The number of carbonyl (C=O) groups excluding carboxylic acids is 3. The van der Waals surface area contributed by atoms with E-state index in [-0.39, 0.29) is 35.9 Å². The minimum Gasteiger partial charge on any atom is -0.486 e. The molecule has 2 aromatic rings. The highest BCUT2D eigenvalue weighted by molar-refractivity contribution is 5.90. The molecule has 0 amide bonds. The zero-order valence-corrected chi connectivity index (χ0v) is 18.9. The van der Waals surface area contributed by atoms with Gasteiger partial charge in [-0.3, -0.25) is 0 Å². The molecular formula is C26H26O7. The van der Waals surface area contributed by atoms with E-state index >= 15 is 0 Å². The van der Waals surface area contributed by atoms with Crippen LogP contribution in [0.15, 0.2) is 78.9 Å². The molecule has 0 atom stereocenters. The van der Waals surface area contributed by atoms with Crippen LogP contribution in [0, 0.1) is 0 Å². The summed E-state index contributed by atoms with van der Waals surface area (Å²) in [4.78, 5) is 35.2. The summed E-state index contributed by atoms with van der Waals surface area (Å²) in [6, 6.07) is 11.9. The van der Waals surface area contributed by atoms with Gasteiger partial charge in [0.1, 0.15) is 19.0 Å². The Balaban J connectivity index is 2.22. The average Bonchev–Trinajstić information content (AvgIpc) is 2.77. The quantitative estimate of drug-likeness (QED) is 0.222. The van der Waals surface area contributed by atoms with E-state index in [1.807, 2.05) is 0 Å². The van der Waals surface area contributed by atoms with Gasteiger partial charge >= 0.3 is 17.9 Å². The normalized spacial score (nSPS) is 10.0. The predicted molar refractivity (Wildman–Crippen MR) is 124 cm³/mol. The van der Waals surface area contributed by atoms with Gasteiger partial charge in [0, 0.05) is 16.7 Å². The first-order valence-corrected chi connectivity index (χ1v) is 10.0. The van der Waals surface area contributed by atoms with Crippen LogP contribution in [0.5, 0.6) is 17.2 Å². The van der Waals surface area contributed by atoms with E-state index in [2.05, 4.69) is 19.7 Å². The highest BCUT2D eigenvalue weighted by Gasteiger charge is 2.14. The smallest absolute Gasteiger partial charge is 0.338 e. The van der Waals surface area contributed by atoms with Gasteiger partial charge in [-0.25, -0.2) is 14.4 Å². The molecule has 0 saturated carbocycles. The molecule has 0 N–H and O–H groups in total. The highest BCUT2D eigenvalue weighted by atomic mass is 16.6. The molecule has 0 saturated heterocycles. The Hall–Kier alpha value is -4.13. The molecule has 0 bridgehead atoms. The molecule has 0 fully saturated rings. The second-order valence-corrected chi connectivity index (χ2v) is 7.29. The van der Waals surface area contributed by atoms with Crippen molar-refractivity contribution >= 4 is 17.9 Å². The fraction of sp³-hybridized carbons (Fsp3) is 0.192.